The van der Waals surface area contributed by atoms with Crippen LogP contribution in [0, 0.1) is 0 Å². The first-order chi connectivity index (χ1) is 11.5. The summed E-state index contributed by atoms with van der Waals surface area (Å²) in [5, 5.41) is 11.9. The van der Waals surface area contributed by atoms with Crippen molar-refractivity contribution in [3.8, 4) is 11.5 Å². The molecule has 0 fully saturated rings. The third kappa shape index (κ3) is 5.12. The fourth-order valence-corrected chi connectivity index (χ4v) is 2.03. The number of aromatic carboxylic acids is 1. The number of hydrogen-bond donors (Lipinski definition) is 2. The summed E-state index contributed by atoms with van der Waals surface area (Å²) in [7, 11) is 0. The van der Waals surface area contributed by atoms with Crippen molar-refractivity contribution in [2.75, 3.05) is 11.9 Å². The van der Waals surface area contributed by atoms with E-state index in [9.17, 15) is 4.79 Å². The van der Waals surface area contributed by atoms with Crippen molar-refractivity contribution in [1.29, 1.82) is 0 Å². The van der Waals surface area contributed by atoms with Crippen LogP contribution in [0.2, 0.25) is 0 Å². The average molecular weight is 331 g/mol. The summed E-state index contributed by atoms with van der Waals surface area (Å²) < 4.78 is 11.3. The zero-order valence-corrected chi connectivity index (χ0v) is 13.9. The van der Waals surface area contributed by atoms with Gasteiger partial charge in [-0.3, -0.25) is 0 Å². The van der Waals surface area contributed by atoms with Gasteiger partial charge in [0, 0.05) is 25.0 Å². The van der Waals surface area contributed by atoms with Gasteiger partial charge < -0.3 is 19.9 Å². The molecule has 0 unspecified atom stereocenters. The van der Waals surface area contributed by atoms with E-state index in [0.29, 0.717) is 19.1 Å². The second kappa shape index (κ2) is 8.14. The Bertz CT molecular complexity index is 687. The molecule has 0 radical (unpaired) electrons. The minimum absolute atomic E-state index is 0.0477. The Morgan fingerprint density at radius 3 is 2.46 bits per heavy atom. The molecule has 0 spiro atoms. The van der Waals surface area contributed by atoms with Gasteiger partial charge in [-0.05, 0) is 38.5 Å². The Balaban J connectivity index is 2.09. The molecule has 7 nitrogen and oxygen atoms in total. The van der Waals surface area contributed by atoms with Crippen LogP contribution in [0.15, 0.2) is 30.6 Å². The minimum atomic E-state index is -1.05. The van der Waals surface area contributed by atoms with Gasteiger partial charge in [0.15, 0.2) is 0 Å². The molecule has 0 aliphatic carbocycles. The number of ether oxygens (including phenoxy) is 2. The lowest BCUT2D eigenvalue weighted by atomic mass is 10.2. The first-order valence-corrected chi connectivity index (χ1v) is 7.70. The molecule has 7 heteroatoms. The van der Waals surface area contributed by atoms with E-state index >= 15 is 0 Å². The third-order valence-electron chi connectivity index (χ3n) is 2.97. The van der Waals surface area contributed by atoms with Crippen LogP contribution in [0.5, 0.6) is 11.5 Å². The van der Waals surface area contributed by atoms with Crippen LogP contribution >= 0.6 is 0 Å². The van der Waals surface area contributed by atoms with E-state index < -0.39 is 5.97 Å². The zero-order valence-electron chi connectivity index (χ0n) is 13.9. The van der Waals surface area contributed by atoms with E-state index in [-0.39, 0.29) is 11.7 Å². The highest BCUT2D eigenvalue weighted by molar-refractivity contribution is 5.86. The topological polar surface area (TPSA) is 93.6 Å². The van der Waals surface area contributed by atoms with Crippen LogP contribution in [0.1, 0.15) is 36.7 Å². The van der Waals surface area contributed by atoms with Crippen LogP contribution in [0.25, 0.3) is 0 Å². The van der Waals surface area contributed by atoms with Gasteiger partial charge in [0.2, 0.25) is 5.95 Å². The number of carbonyl (C=O) groups is 1. The van der Waals surface area contributed by atoms with E-state index in [4.69, 9.17) is 14.6 Å². The Kier molecular flexibility index (Phi) is 5.95. The molecule has 1 aromatic heterocycles. The van der Waals surface area contributed by atoms with Gasteiger partial charge in [0.1, 0.15) is 11.5 Å². The molecule has 2 aromatic rings. The van der Waals surface area contributed by atoms with Gasteiger partial charge in [0.05, 0.1) is 18.3 Å². The fourth-order valence-electron chi connectivity index (χ4n) is 2.03. The molecule has 0 aliphatic heterocycles. The number of nitrogens with one attached hydrogen (secondary N) is 1. The van der Waals surface area contributed by atoms with Gasteiger partial charge >= 0.3 is 5.97 Å². The predicted molar refractivity (Wildman–Crippen MR) is 89.7 cm³/mol. The second-order valence-electron chi connectivity index (χ2n) is 5.37. The van der Waals surface area contributed by atoms with Gasteiger partial charge in [-0.15, -0.1) is 0 Å². The lowest BCUT2D eigenvalue weighted by molar-refractivity contribution is 0.0696. The van der Waals surface area contributed by atoms with Gasteiger partial charge in [0.25, 0.3) is 0 Å². The van der Waals surface area contributed by atoms with Crippen LogP contribution in [-0.4, -0.2) is 33.8 Å². The molecule has 0 saturated carbocycles. The number of aromatic nitrogens is 2. The van der Waals surface area contributed by atoms with Crippen LogP contribution in [0.3, 0.4) is 0 Å². The van der Waals surface area contributed by atoms with Gasteiger partial charge in [-0.25, -0.2) is 14.8 Å². The molecule has 0 bridgehead atoms. The van der Waals surface area contributed by atoms with Crippen LogP contribution < -0.4 is 14.8 Å². The normalized spacial score (nSPS) is 10.5. The summed E-state index contributed by atoms with van der Waals surface area (Å²) >= 11 is 0. The minimum Gasteiger partial charge on any atom is -0.494 e. The predicted octanol–water partition coefficient (Wildman–Crippen LogP) is 2.97. The number of benzene rings is 1. The maximum absolute atomic E-state index is 10.8. The lowest BCUT2D eigenvalue weighted by Gasteiger charge is -2.14. The number of carboxylic acid groups (broad SMARTS) is 1. The average Bonchev–Trinajstić information content (AvgIpc) is 2.53. The molecule has 128 valence electrons. The van der Waals surface area contributed by atoms with Crippen molar-refractivity contribution in [2.24, 2.45) is 0 Å². The summed E-state index contributed by atoms with van der Waals surface area (Å²) in [5.74, 6) is 0.763. The van der Waals surface area contributed by atoms with E-state index in [1.54, 1.807) is 0 Å². The molecule has 1 aromatic carbocycles. The molecule has 0 aliphatic rings. The van der Waals surface area contributed by atoms with Crippen LogP contribution in [-0.2, 0) is 6.54 Å². The van der Waals surface area contributed by atoms with Crippen molar-refractivity contribution in [3.63, 3.8) is 0 Å². The Hall–Kier alpha value is -2.83. The summed E-state index contributed by atoms with van der Waals surface area (Å²) in [4.78, 5) is 18.7. The highest BCUT2D eigenvalue weighted by Crippen LogP contribution is 2.24. The van der Waals surface area contributed by atoms with E-state index in [0.717, 1.165) is 17.1 Å². The largest absolute Gasteiger partial charge is 0.494 e. The zero-order chi connectivity index (χ0) is 17.5. The van der Waals surface area contributed by atoms with E-state index in [2.05, 4.69) is 15.3 Å². The van der Waals surface area contributed by atoms with Crippen molar-refractivity contribution < 1.29 is 19.4 Å². The molecular formula is C17H21N3O4. The summed E-state index contributed by atoms with van der Waals surface area (Å²) in [6.45, 7) is 6.87. The van der Waals surface area contributed by atoms with Crippen molar-refractivity contribution in [1.82, 2.24) is 9.97 Å². The maximum Gasteiger partial charge on any atom is 0.338 e. The monoisotopic (exact) mass is 331 g/mol. The van der Waals surface area contributed by atoms with E-state index in [1.807, 2.05) is 39.0 Å². The van der Waals surface area contributed by atoms with Gasteiger partial charge in [-0.1, -0.05) is 0 Å². The number of carboxylic acids is 1. The molecule has 0 atom stereocenters. The number of hydrogen-bond acceptors (Lipinski definition) is 6. The van der Waals surface area contributed by atoms with Crippen molar-refractivity contribution >= 4 is 11.9 Å². The summed E-state index contributed by atoms with van der Waals surface area (Å²) in [6, 6.07) is 5.68. The molecular weight excluding hydrogens is 310 g/mol. The summed E-state index contributed by atoms with van der Waals surface area (Å²) in [5.41, 5.74) is 0.994. The van der Waals surface area contributed by atoms with Crippen LogP contribution in [0.4, 0.5) is 5.95 Å². The highest BCUT2D eigenvalue weighted by atomic mass is 16.5. The van der Waals surface area contributed by atoms with Crippen molar-refractivity contribution in [2.45, 2.75) is 33.4 Å². The quantitative estimate of drug-likeness (QED) is 0.768. The van der Waals surface area contributed by atoms with Gasteiger partial charge in [-0.2, -0.15) is 0 Å². The second-order valence-corrected chi connectivity index (χ2v) is 5.37. The Labute approximate surface area is 140 Å². The SMILES string of the molecule is CCOc1cc(CNc2ncc(C(=O)O)cn2)cc(OC(C)C)c1. The standard InChI is InChI=1S/C17H21N3O4/c1-4-23-14-5-12(6-15(7-14)24-11(2)3)8-18-17-19-9-13(10-20-17)16(21)22/h5-7,9-11H,4,8H2,1-3H3,(H,21,22)(H,18,19,20). The van der Waals surface area contributed by atoms with Crippen molar-refractivity contribution in [3.05, 3.63) is 41.7 Å². The first-order valence-electron chi connectivity index (χ1n) is 7.70. The molecule has 1 heterocycles. The Morgan fingerprint density at radius 2 is 1.88 bits per heavy atom. The Morgan fingerprint density at radius 1 is 1.21 bits per heavy atom. The molecule has 2 rings (SSSR count). The lowest BCUT2D eigenvalue weighted by Crippen LogP contribution is -2.08. The molecule has 24 heavy (non-hydrogen) atoms. The number of anilines is 1. The number of nitrogens with zero attached hydrogens (tertiary/aromatic N) is 2. The molecule has 2 N–H and O–H groups in total. The molecule has 0 saturated heterocycles. The first kappa shape index (κ1) is 17.5. The summed E-state index contributed by atoms with van der Waals surface area (Å²) in [6.07, 6.45) is 2.60. The highest BCUT2D eigenvalue weighted by Gasteiger charge is 2.07. The fraction of sp³-hybridized carbons (Fsp3) is 0.353. The number of rotatable bonds is 8. The maximum atomic E-state index is 10.8. The third-order valence-corrected chi connectivity index (χ3v) is 2.97. The molecule has 0 amide bonds. The smallest absolute Gasteiger partial charge is 0.338 e. The van der Waals surface area contributed by atoms with E-state index in [1.165, 1.54) is 12.4 Å².